The lowest BCUT2D eigenvalue weighted by Gasteiger charge is -2.21. The van der Waals surface area contributed by atoms with Gasteiger partial charge in [-0.1, -0.05) is 30.3 Å². The first-order valence-corrected chi connectivity index (χ1v) is 10.1. The summed E-state index contributed by atoms with van der Waals surface area (Å²) in [5.41, 5.74) is 3.27. The number of hydrogen-bond donors (Lipinski definition) is 2. The maximum atomic E-state index is 4.74. The molecule has 0 atom stereocenters. The lowest BCUT2D eigenvalue weighted by molar-refractivity contribution is 0.866. The summed E-state index contributed by atoms with van der Waals surface area (Å²) < 4.78 is 0. The summed E-state index contributed by atoms with van der Waals surface area (Å²) in [5, 5.41) is 6.93. The van der Waals surface area contributed by atoms with Crippen LogP contribution < -0.4 is 15.5 Å². The maximum Gasteiger partial charge on any atom is 0.163 e. The highest BCUT2D eigenvalue weighted by molar-refractivity contribution is 5.66. The molecule has 0 saturated heterocycles. The van der Waals surface area contributed by atoms with Crippen LogP contribution in [-0.2, 0) is 0 Å². The van der Waals surface area contributed by atoms with Crippen molar-refractivity contribution in [3.63, 3.8) is 0 Å². The normalized spacial score (nSPS) is 13.2. The van der Waals surface area contributed by atoms with Crippen LogP contribution in [0.3, 0.4) is 0 Å². The molecule has 0 radical (unpaired) electrons. The lowest BCUT2D eigenvalue weighted by atomic mass is 10.2. The van der Waals surface area contributed by atoms with Gasteiger partial charge in [-0.05, 0) is 51.0 Å². The van der Waals surface area contributed by atoms with Crippen molar-refractivity contribution in [3.8, 4) is 11.4 Å². The van der Waals surface area contributed by atoms with E-state index in [4.69, 9.17) is 9.97 Å². The average molecular weight is 374 g/mol. The lowest BCUT2D eigenvalue weighted by Crippen LogP contribution is -2.21. The Hall–Kier alpha value is -3.08. The first kappa shape index (κ1) is 18.3. The summed E-state index contributed by atoms with van der Waals surface area (Å²) in [5.74, 6) is 2.40. The van der Waals surface area contributed by atoms with Crippen molar-refractivity contribution in [2.75, 3.05) is 28.6 Å². The predicted octanol–water partition coefficient (Wildman–Crippen LogP) is 5.31. The number of nitrogens with zero attached hydrogens (tertiary/aromatic N) is 3. The van der Waals surface area contributed by atoms with Gasteiger partial charge < -0.3 is 15.5 Å². The SMILES string of the molecule is CCN(CC)c1ccc(Nc2cc(NC3CC3)nc(-c3ccccc3)n2)cc1. The van der Waals surface area contributed by atoms with E-state index in [1.165, 1.54) is 18.5 Å². The van der Waals surface area contributed by atoms with Gasteiger partial charge in [-0.25, -0.2) is 9.97 Å². The molecule has 1 fully saturated rings. The van der Waals surface area contributed by atoms with E-state index >= 15 is 0 Å². The van der Waals surface area contributed by atoms with Crippen molar-refractivity contribution in [1.82, 2.24) is 9.97 Å². The zero-order valence-corrected chi connectivity index (χ0v) is 16.5. The summed E-state index contributed by atoms with van der Waals surface area (Å²) in [6.07, 6.45) is 2.42. The molecule has 2 aromatic carbocycles. The van der Waals surface area contributed by atoms with E-state index in [1.807, 2.05) is 36.4 Å². The number of nitrogens with one attached hydrogen (secondary N) is 2. The van der Waals surface area contributed by atoms with E-state index in [1.54, 1.807) is 0 Å². The summed E-state index contributed by atoms with van der Waals surface area (Å²) in [4.78, 5) is 11.8. The second kappa shape index (κ2) is 8.30. The standard InChI is InChI=1S/C23H27N5/c1-3-28(4-2)20-14-12-19(13-15-20)25-22-16-21(24-18-10-11-18)26-23(27-22)17-8-6-5-7-9-17/h5-9,12-16,18H,3-4,10-11H2,1-2H3,(H2,24,25,26,27). The molecule has 1 saturated carbocycles. The molecule has 0 unspecified atom stereocenters. The Morgan fingerprint density at radius 1 is 0.893 bits per heavy atom. The highest BCUT2D eigenvalue weighted by atomic mass is 15.1. The Kier molecular flexibility index (Phi) is 5.42. The summed E-state index contributed by atoms with van der Waals surface area (Å²) >= 11 is 0. The van der Waals surface area contributed by atoms with Crippen molar-refractivity contribution in [3.05, 3.63) is 60.7 Å². The third-order valence-corrected chi connectivity index (χ3v) is 4.96. The van der Waals surface area contributed by atoms with Crippen LogP contribution >= 0.6 is 0 Å². The quantitative estimate of drug-likeness (QED) is 0.560. The molecule has 0 bridgehead atoms. The fraction of sp³-hybridized carbons (Fsp3) is 0.304. The van der Waals surface area contributed by atoms with Gasteiger partial charge in [-0.2, -0.15) is 0 Å². The molecule has 1 heterocycles. The number of hydrogen-bond acceptors (Lipinski definition) is 5. The highest BCUT2D eigenvalue weighted by Gasteiger charge is 2.22. The van der Waals surface area contributed by atoms with Crippen molar-refractivity contribution in [1.29, 1.82) is 0 Å². The van der Waals surface area contributed by atoms with Crippen molar-refractivity contribution in [2.24, 2.45) is 0 Å². The van der Waals surface area contributed by atoms with Crippen molar-refractivity contribution < 1.29 is 0 Å². The van der Waals surface area contributed by atoms with Crippen LogP contribution in [0.25, 0.3) is 11.4 Å². The molecule has 5 nitrogen and oxygen atoms in total. The molecule has 5 heteroatoms. The van der Waals surface area contributed by atoms with Gasteiger partial charge in [0.15, 0.2) is 5.82 Å². The molecule has 1 aliphatic rings. The van der Waals surface area contributed by atoms with E-state index in [2.05, 4.69) is 53.6 Å². The maximum absolute atomic E-state index is 4.74. The van der Waals surface area contributed by atoms with Crippen LogP contribution in [0, 0.1) is 0 Å². The Balaban J connectivity index is 1.59. The van der Waals surface area contributed by atoms with Crippen LogP contribution in [0.4, 0.5) is 23.0 Å². The second-order valence-corrected chi connectivity index (χ2v) is 7.09. The zero-order chi connectivity index (χ0) is 19.3. The van der Waals surface area contributed by atoms with Crippen LogP contribution in [0.5, 0.6) is 0 Å². The van der Waals surface area contributed by atoms with E-state index in [0.717, 1.165) is 41.8 Å². The second-order valence-electron chi connectivity index (χ2n) is 7.09. The Bertz CT molecular complexity index is 900. The molecule has 0 spiro atoms. The van der Waals surface area contributed by atoms with Gasteiger partial charge in [-0.3, -0.25) is 0 Å². The monoisotopic (exact) mass is 373 g/mol. The fourth-order valence-corrected chi connectivity index (χ4v) is 3.23. The third-order valence-electron chi connectivity index (χ3n) is 4.96. The molecule has 1 aromatic heterocycles. The van der Waals surface area contributed by atoms with Gasteiger partial charge in [0.2, 0.25) is 0 Å². The smallest absolute Gasteiger partial charge is 0.163 e. The molecule has 144 valence electrons. The van der Waals surface area contributed by atoms with Crippen LogP contribution in [-0.4, -0.2) is 29.1 Å². The first-order valence-electron chi connectivity index (χ1n) is 10.1. The molecule has 4 rings (SSSR count). The molecule has 0 amide bonds. The van der Waals surface area contributed by atoms with Gasteiger partial charge in [0.1, 0.15) is 11.6 Å². The predicted molar refractivity (Wildman–Crippen MR) is 117 cm³/mol. The summed E-state index contributed by atoms with van der Waals surface area (Å²) in [6, 6.07) is 21.2. The third kappa shape index (κ3) is 4.42. The van der Waals surface area contributed by atoms with Crippen LogP contribution in [0.15, 0.2) is 60.7 Å². The van der Waals surface area contributed by atoms with Crippen LogP contribution in [0.2, 0.25) is 0 Å². The van der Waals surface area contributed by atoms with Gasteiger partial charge in [0.05, 0.1) is 0 Å². The van der Waals surface area contributed by atoms with Gasteiger partial charge >= 0.3 is 0 Å². The molecule has 3 aromatic rings. The first-order chi connectivity index (χ1) is 13.7. The Morgan fingerprint density at radius 2 is 1.57 bits per heavy atom. The summed E-state index contributed by atoms with van der Waals surface area (Å²) in [6.45, 7) is 6.36. The van der Waals surface area contributed by atoms with Gasteiger partial charge in [0, 0.05) is 42.1 Å². The van der Waals surface area contributed by atoms with E-state index < -0.39 is 0 Å². The Labute approximate surface area is 166 Å². The largest absolute Gasteiger partial charge is 0.372 e. The molecular weight excluding hydrogens is 346 g/mol. The van der Waals surface area contributed by atoms with E-state index in [0.29, 0.717) is 6.04 Å². The van der Waals surface area contributed by atoms with E-state index in [-0.39, 0.29) is 0 Å². The molecule has 0 aliphatic heterocycles. The average Bonchev–Trinajstić information content (AvgIpc) is 3.55. The number of anilines is 4. The molecule has 2 N–H and O–H groups in total. The number of benzene rings is 2. The fourth-order valence-electron chi connectivity index (χ4n) is 3.23. The summed E-state index contributed by atoms with van der Waals surface area (Å²) in [7, 11) is 0. The minimum absolute atomic E-state index is 0.541. The zero-order valence-electron chi connectivity index (χ0n) is 16.5. The molecule has 1 aliphatic carbocycles. The number of rotatable bonds is 8. The topological polar surface area (TPSA) is 53.1 Å². The van der Waals surface area contributed by atoms with Gasteiger partial charge in [-0.15, -0.1) is 0 Å². The molecular formula is C23H27N5. The minimum Gasteiger partial charge on any atom is -0.372 e. The van der Waals surface area contributed by atoms with Crippen molar-refractivity contribution in [2.45, 2.75) is 32.7 Å². The minimum atomic E-state index is 0.541. The van der Waals surface area contributed by atoms with Crippen LogP contribution in [0.1, 0.15) is 26.7 Å². The number of aromatic nitrogens is 2. The van der Waals surface area contributed by atoms with Crippen molar-refractivity contribution >= 4 is 23.0 Å². The Morgan fingerprint density at radius 3 is 2.21 bits per heavy atom. The van der Waals surface area contributed by atoms with E-state index in [9.17, 15) is 0 Å². The highest BCUT2D eigenvalue weighted by Crippen LogP contribution is 2.28. The van der Waals surface area contributed by atoms with Gasteiger partial charge in [0.25, 0.3) is 0 Å². The molecule has 28 heavy (non-hydrogen) atoms.